The molecule has 0 unspecified atom stereocenters. The second-order valence-electron chi connectivity index (χ2n) is 6.63. The summed E-state index contributed by atoms with van der Waals surface area (Å²) in [6, 6.07) is 0. The Morgan fingerprint density at radius 3 is 2.38 bits per heavy atom. The molecule has 2 fully saturated rings. The smallest absolute Gasteiger partial charge is 0.305 e. The zero-order valence-electron chi connectivity index (χ0n) is 13.0. The molecule has 0 aromatic carbocycles. The molecule has 0 spiro atoms. The summed E-state index contributed by atoms with van der Waals surface area (Å²) in [6.07, 6.45) is 7.41. The van der Waals surface area contributed by atoms with Crippen LogP contribution in [-0.2, 0) is 14.3 Å². The van der Waals surface area contributed by atoms with Gasteiger partial charge in [-0.3, -0.25) is 9.59 Å². The SMILES string of the molecule is CC1(C(=O)N2CCC(OCCC(=O)O)CC2)CCCCC1. The number of hydrogen-bond donors (Lipinski definition) is 1. The van der Waals surface area contributed by atoms with E-state index in [-0.39, 0.29) is 24.5 Å². The van der Waals surface area contributed by atoms with Crippen LogP contribution >= 0.6 is 0 Å². The summed E-state index contributed by atoms with van der Waals surface area (Å²) in [5, 5.41) is 8.60. The van der Waals surface area contributed by atoms with Crippen molar-refractivity contribution in [2.45, 2.75) is 64.4 Å². The molecule has 1 saturated carbocycles. The van der Waals surface area contributed by atoms with E-state index in [0.29, 0.717) is 5.91 Å². The van der Waals surface area contributed by atoms with E-state index in [4.69, 9.17) is 9.84 Å². The monoisotopic (exact) mass is 297 g/mol. The molecule has 1 N–H and O–H groups in total. The van der Waals surface area contributed by atoms with Crippen molar-refractivity contribution in [3.05, 3.63) is 0 Å². The predicted molar refractivity (Wildman–Crippen MR) is 79.0 cm³/mol. The Hall–Kier alpha value is -1.10. The molecular formula is C16H27NO4. The highest BCUT2D eigenvalue weighted by atomic mass is 16.5. The van der Waals surface area contributed by atoms with E-state index in [1.165, 1.54) is 6.42 Å². The number of rotatable bonds is 5. The van der Waals surface area contributed by atoms with Crippen molar-refractivity contribution < 1.29 is 19.4 Å². The fourth-order valence-electron chi connectivity index (χ4n) is 3.47. The summed E-state index contributed by atoms with van der Waals surface area (Å²) < 4.78 is 5.57. The first-order chi connectivity index (χ1) is 10.0. The molecule has 5 heteroatoms. The van der Waals surface area contributed by atoms with Crippen molar-refractivity contribution in [1.82, 2.24) is 4.90 Å². The maximum Gasteiger partial charge on any atom is 0.305 e. The maximum atomic E-state index is 12.7. The van der Waals surface area contributed by atoms with Gasteiger partial charge in [-0.2, -0.15) is 0 Å². The fourth-order valence-corrected chi connectivity index (χ4v) is 3.47. The third-order valence-electron chi connectivity index (χ3n) is 4.87. The molecule has 2 rings (SSSR count). The van der Waals surface area contributed by atoms with Crippen LogP contribution in [0.25, 0.3) is 0 Å². The molecule has 1 amide bonds. The minimum absolute atomic E-state index is 0.0528. The molecule has 2 aliphatic rings. The van der Waals surface area contributed by atoms with Gasteiger partial charge in [0, 0.05) is 18.5 Å². The minimum Gasteiger partial charge on any atom is -0.481 e. The average Bonchev–Trinajstić information content (AvgIpc) is 2.48. The van der Waals surface area contributed by atoms with Crippen molar-refractivity contribution in [3.8, 4) is 0 Å². The molecule has 0 aromatic heterocycles. The third kappa shape index (κ3) is 4.43. The van der Waals surface area contributed by atoms with Gasteiger partial charge in [0.1, 0.15) is 0 Å². The number of amides is 1. The zero-order chi connectivity index (χ0) is 15.3. The van der Waals surface area contributed by atoms with E-state index >= 15 is 0 Å². The molecule has 120 valence electrons. The second kappa shape index (κ2) is 7.25. The molecule has 1 aliphatic heterocycles. The highest BCUT2D eigenvalue weighted by molar-refractivity contribution is 5.82. The maximum absolute atomic E-state index is 12.7. The Morgan fingerprint density at radius 2 is 1.81 bits per heavy atom. The number of piperidine rings is 1. The number of ether oxygens (including phenoxy) is 1. The first kappa shape index (κ1) is 16.3. The van der Waals surface area contributed by atoms with E-state index < -0.39 is 5.97 Å². The van der Waals surface area contributed by atoms with Crippen molar-refractivity contribution in [2.75, 3.05) is 19.7 Å². The summed E-state index contributed by atoms with van der Waals surface area (Å²) >= 11 is 0. The zero-order valence-corrected chi connectivity index (χ0v) is 13.0. The van der Waals surface area contributed by atoms with Crippen LogP contribution < -0.4 is 0 Å². The number of likely N-dealkylation sites (tertiary alicyclic amines) is 1. The highest BCUT2D eigenvalue weighted by Crippen LogP contribution is 2.38. The lowest BCUT2D eigenvalue weighted by Gasteiger charge is -2.40. The van der Waals surface area contributed by atoms with E-state index in [1.54, 1.807) is 0 Å². The Balaban J connectivity index is 1.75. The Labute approximate surface area is 126 Å². The quantitative estimate of drug-likeness (QED) is 0.846. The van der Waals surface area contributed by atoms with Gasteiger partial charge in [0.05, 0.1) is 19.1 Å². The Bertz CT molecular complexity index is 368. The van der Waals surface area contributed by atoms with Gasteiger partial charge in [-0.25, -0.2) is 0 Å². The molecule has 1 heterocycles. The second-order valence-corrected chi connectivity index (χ2v) is 6.63. The predicted octanol–water partition coefficient (Wildman–Crippen LogP) is 2.44. The van der Waals surface area contributed by atoms with E-state index in [2.05, 4.69) is 6.92 Å². The summed E-state index contributed by atoms with van der Waals surface area (Å²) in [4.78, 5) is 25.1. The van der Waals surface area contributed by atoms with Gasteiger partial charge >= 0.3 is 5.97 Å². The molecule has 5 nitrogen and oxygen atoms in total. The van der Waals surface area contributed by atoms with Gasteiger partial charge in [0.25, 0.3) is 0 Å². The lowest BCUT2D eigenvalue weighted by molar-refractivity contribution is -0.146. The van der Waals surface area contributed by atoms with Crippen LogP contribution in [-0.4, -0.2) is 47.7 Å². The normalized spacial score (nSPS) is 23.0. The molecule has 0 bridgehead atoms. The summed E-state index contributed by atoms with van der Waals surface area (Å²) in [7, 11) is 0. The van der Waals surface area contributed by atoms with Gasteiger partial charge in [0.2, 0.25) is 5.91 Å². The molecule has 0 radical (unpaired) electrons. The summed E-state index contributed by atoms with van der Waals surface area (Å²) in [5.41, 5.74) is -0.157. The van der Waals surface area contributed by atoms with Crippen LogP contribution in [0, 0.1) is 5.41 Å². The summed E-state index contributed by atoms with van der Waals surface area (Å²) in [5.74, 6) is -0.515. The minimum atomic E-state index is -0.826. The van der Waals surface area contributed by atoms with Crippen LogP contribution in [0.5, 0.6) is 0 Å². The number of aliphatic carboxylic acids is 1. The van der Waals surface area contributed by atoms with Gasteiger partial charge in [-0.15, -0.1) is 0 Å². The van der Waals surface area contributed by atoms with E-state index in [1.807, 2.05) is 4.90 Å². The molecule has 21 heavy (non-hydrogen) atoms. The number of carboxylic acid groups (broad SMARTS) is 1. The third-order valence-corrected chi connectivity index (χ3v) is 4.87. The molecule has 0 atom stereocenters. The Kier molecular flexibility index (Phi) is 5.62. The molecular weight excluding hydrogens is 270 g/mol. The number of carbonyl (C=O) groups is 2. The Morgan fingerprint density at radius 1 is 1.19 bits per heavy atom. The van der Waals surface area contributed by atoms with Crippen molar-refractivity contribution in [1.29, 1.82) is 0 Å². The lowest BCUT2D eigenvalue weighted by atomic mass is 9.74. The van der Waals surface area contributed by atoms with Crippen molar-refractivity contribution in [3.63, 3.8) is 0 Å². The van der Waals surface area contributed by atoms with Gasteiger partial charge in [-0.05, 0) is 25.7 Å². The van der Waals surface area contributed by atoms with Crippen LogP contribution in [0.15, 0.2) is 0 Å². The number of carbonyl (C=O) groups excluding carboxylic acids is 1. The van der Waals surface area contributed by atoms with Crippen LogP contribution in [0.2, 0.25) is 0 Å². The fraction of sp³-hybridized carbons (Fsp3) is 0.875. The topological polar surface area (TPSA) is 66.8 Å². The number of nitrogens with zero attached hydrogens (tertiary/aromatic N) is 1. The van der Waals surface area contributed by atoms with Crippen LogP contribution in [0.3, 0.4) is 0 Å². The van der Waals surface area contributed by atoms with E-state index in [0.717, 1.165) is 51.6 Å². The molecule has 0 aromatic rings. The summed E-state index contributed by atoms with van der Waals surface area (Å²) in [6.45, 7) is 3.87. The van der Waals surface area contributed by atoms with Crippen LogP contribution in [0.4, 0.5) is 0 Å². The first-order valence-electron chi connectivity index (χ1n) is 8.14. The molecule has 1 aliphatic carbocycles. The largest absolute Gasteiger partial charge is 0.481 e. The lowest BCUT2D eigenvalue weighted by Crippen LogP contribution is -2.48. The highest BCUT2D eigenvalue weighted by Gasteiger charge is 2.38. The number of hydrogen-bond acceptors (Lipinski definition) is 3. The standard InChI is InChI=1S/C16H27NO4/c1-16(8-3-2-4-9-16)15(20)17-10-5-13(6-11-17)21-12-7-14(18)19/h13H,2-12H2,1H3,(H,18,19). The van der Waals surface area contributed by atoms with E-state index in [9.17, 15) is 9.59 Å². The van der Waals surface area contributed by atoms with Gasteiger partial charge in [-0.1, -0.05) is 26.2 Å². The van der Waals surface area contributed by atoms with Gasteiger partial charge in [0.15, 0.2) is 0 Å². The molecule has 1 saturated heterocycles. The van der Waals surface area contributed by atoms with Gasteiger partial charge < -0.3 is 14.7 Å². The van der Waals surface area contributed by atoms with Crippen LogP contribution in [0.1, 0.15) is 58.3 Å². The average molecular weight is 297 g/mol. The number of carboxylic acids is 1. The first-order valence-corrected chi connectivity index (χ1v) is 8.14. The van der Waals surface area contributed by atoms with Crippen molar-refractivity contribution >= 4 is 11.9 Å². The van der Waals surface area contributed by atoms with Crippen molar-refractivity contribution in [2.24, 2.45) is 5.41 Å².